The van der Waals surface area contributed by atoms with E-state index in [1.54, 1.807) is 0 Å². The monoisotopic (exact) mass is 152 g/mol. The van der Waals surface area contributed by atoms with Crippen LogP contribution in [0.4, 0.5) is 0 Å². The number of hydrogen-bond donors (Lipinski definition) is 0. The zero-order chi connectivity index (χ0) is 3.54. The molecule has 0 aliphatic carbocycles. The Kier molecular flexibility index (Phi) is 1.45. The van der Waals surface area contributed by atoms with Gasteiger partial charge in [-0.1, -0.05) is 0 Å². The maximum atomic E-state index is 2.26. The van der Waals surface area contributed by atoms with E-state index in [-0.39, 0.29) is 0 Å². The molecule has 5 heavy (non-hydrogen) atoms. The summed E-state index contributed by atoms with van der Waals surface area (Å²) < 4.78 is 1.37. The molecule has 0 fully saturated rings. The van der Waals surface area contributed by atoms with Crippen molar-refractivity contribution in [1.29, 1.82) is 0 Å². The molecule has 2 heteroatoms. The molecule has 0 unspecified atom stereocenters. The first-order valence-corrected chi connectivity index (χ1v) is 4.63. The molecule has 0 amide bonds. The van der Waals surface area contributed by atoms with E-state index < -0.39 is 0 Å². The molecule has 0 saturated heterocycles. The first-order valence-electron chi connectivity index (χ1n) is 1.38. The van der Waals surface area contributed by atoms with Gasteiger partial charge in [0.2, 0.25) is 0 Å². The quantitative estimate of drug-likeness (QED) is 0.463. The Morgan fingerprint density at radius 1 is 1.80 bits per heavy atom. The van der Waals surface area contributed by atoms with Crippen LogP contribution in [0.1, 0.15) is 0 Å². The summed E-state index contributed by atoms with van der Waals surface area (Å²) in [4.78, 5) is 2.26. The summed E-state index contributed by atoms with van der Waals surface area (Å²) in [5.41, 5.74) is 0. The van der Waals surface area contributed by atoms with Gasteiger partial charge in [0, 0.05) is 0 Å². The van der Waals surface area contributed by atoms with Crippen LogP contribution in [0.25, 0.3) is 0 Å². The first kappa shape index (κ1) is 3.79. The fraction of sp³-hybridized carbons (Fsp3) is 0.333. The van der Waals surface area contributed by atoms with Crippen LogP contribution in [-0.4, -0.2) is 19.6 Å². The predicted molar refractivity (Wildman–Crippen MR) is 27.4 cm³/mol. The Hall–Kier alpha value is 0.609. The molecule has 0 aromatic heterocycles. The van der Waals surface area contributed by atoms with E-state index in [1.165, 1.54) is 4.65 Å². The topological polar surface area (TPSA) is 0 Å². The van der Waals surface area contributed by atoms with Gasteiger partial charge in [-0.3, -0.25) is 0 Å². The molecular weight excluding hydrogens is 147 g/mol. The molecule has 0 aromatic rings. The molecule has 1 rings (SSSR count). The van der Waals surface area contributed by atoms with Gasteiger partial charge < -0.3 is 0 Å². The molecule has 1 aliphatic heterocycles. The summed E-state index contributed by atoms with van der Waals surface area (Å²) in [6, 6.07) is 0. The van der Waals surface area contributed by atoms with Gasteiger partial charge in [0.1, 0.15) is 0 Å². The molecule has 1 heterocycles. The Morgan fingerprint density at radius 3 is 3.00 bits per heavy atom. The standard InChI is InChI=1S/C3H4SSe/c1-2-5-3-4-1/h1-2H,3H2. The zero-order valence-electron chi connectivity index (χ0n) is 2.68. The van der Waals surface area contributed by atoms with Crippen molar-refractivity contribution in [3.8, 4) is 0 Å². The van der Waals surface area contributed by atoms with Crippen molar-refractivity contribution < 1.29 is 0 Å². The van der Waals surface area contributed by atoms with Gasteiger partial charge in [-0.2, -0.15) is 0 Å². The van der Waals surface area contributed by atoms with Gasteiger partial charge in [0.05, 0.1) is 0 Å². The van der Waals surface area contributed by atoms with Gasteiger partial charge in [-0.05, 0) is 0 Å². The molecule has 0 spiro atoms. The third kappa shape index (κ3) is 0.998. The summed E-state index contributed by atoms with van der Waals surface area (Å²) in [5.74, 6) is 0. The van der Waals surface area contributed by atoms with Crippen LogP contribution in [0.3, 0.4) is 0 Å². The molecular formula is C3H4SSe. The van der Waals surface area contributed by atoms with Gasteiger partial charge >= 0.3 is 41.8 Å². The Morgan fingerprint density at radius 2 is 2.80 bits per heavy atom. The van der Waals surface area contributed by atoms with E-state index in [2.05, 4.69) is 10.4 Å². The van der Waals surface area contributed by atoms with Crippen molar-refractivity contribution in [2.45, 2.75) is 0 Å². The van der Waals surface area contributed by atoms with Crippen molar-refractivity contribution in [3.63, 3.8) is 0 Å². The second-order valence-electron chi connectivity index (χ2n) is 0.723. The molecule has 0 N–H and O–H groups in total. The van der Waals surface area contributed by atoms with Gasteiger partial charge in [-0.25, -0.2) is 0 Å². The normalized spacial score (nSPS) is 20.8. The van der Waals surface area contributed by atoms with Crippen LogP contribution < -0.4 is 0 Å². The summed E-state index contributed by atoms with van der Waals surface area (Å²) in [6.07, 6.45) is 0. The molecule has 0 bridgehead atoms. The SMILES string of the molecule is C1=C[Se]CS1. The van der Waals surface area contributed by atoms with Crippen LogP contribution in [0, 0.1) is 0 Å². The molecule has 1 aliphatic rings. The second-order valence-corrected chi connectivity index (χ2v) is 4.32. The average Bonchev–Trinajstić information content (AvgIpc) is 1.76. The molecule has 0 atom stereocenters. The van der Waals surface area contributed by atoms with E-state index in [1.807, 2.05) is 11.8 Å². The predicted octanol–water partition coefficient (Wildman–Crippen LogP) is 0.866. The van der Waals surface area contributed by atoms with Crippen LogP contribution in [0.15, 0.2) is 10.4 Å². The molecule has 0 aromatic carbocycles. The third-order valence-corrected chi connectivity index (χ3v) is 3.78. The van der Waals surface area contributed by atoms with Crippen molar-refractivity contribution in [1.82, 2.24) is 0 Å². The van der Waals surface area contributed by atoms with E-state index in [0.717, 1.165) is 15.0 Å². The Labute approximate surface area is 42.2 Å². The van der Waals surface area contributed by atoms with Crippen molar-refractivity contribution in [2.24, 2.45) is 0 Å². The summed E-state index contributed by atoms with van der Waals surface area (Å²) in [7, 11) is 0. The van der Waals surface area contributed by atoms with Crippen LogP contribution in [0.2, 0.25) is 0 Å². The Balaban J connectivity index is 2.32. The number of thioether (sulfide) groups is 1. The second kappa shape index (κ2) is 1.91. The van der Waals surface area contributed by atoms with E-state index >= 15 is 0 Å². The molecule has 0 saturated carbocycles. The van der Waals surface area contributed by atoms with E-state index in [4.69, 9.17) is 0 Å². The minimum absolute atomic E-state index is 0.852. The van der Waals surface area contributed by atoms with Crippen LogP contribution in [0.5, 0.6) is 0 Å². The third-order valence-electron chi connectivity index (χ3n) is 0.384. The summed E-state index contributed by atoms with van der Waals surface area (Å²) >= 11 is 2.77. The summed E-state index contributed by atoms with van der Waals surface area (Å²) in [5, 5.41) is 2.18. The van der Waals surface area contributed by atoms with E-state index in [0.29, 0.717) is 0 Å². The Bertz CT molecular complexity index is 44.9. The molecule has 0 nitrogen and oxygen atoms in total. The fourth-order valence-electron chi connectivity index (χ4n) is 0.196. The maximum absolute atomic E-state index is 2.26. The molecule has 28 valence electrons. The number of hydrogen-bond acceptors (Lipinski definition) is 1. The van der Waals surface area contributed by atoms with Crippen molar-refractivity contribution in [2.75, 3.05) is 4.65 Å². The van der Waals surface area contributed by atoms with Gasteiger partial charge in [0.15, 0.2) is 0 Å². The van der Waals surface area contributed by atoms with Crippen molar-refractivity contribution in [3.05, 3.63) is 10.4 Å². The number of rotatable bonds is 0. The zero-order valence-corrected chi connectivity index (χ0v) is 5.21. The first-order chi connectivity index (χ1) is 2.50. The van der Waals surface area contributed by atoms with E-state index in [9.17, 15) is 0 Å². The van der Waals surface area contributed by atoms with Crippen LogP contribution >= 0.6 is 11.8 Å². The fourth-order valence-corrected chi connectivity index (χ4v) is 3.06. The summed E-state index contributed by atoms with van der Waals surface area (Å²) in [6.45, 7) is 0. The van der Waals surface area contributed by atoms with Gasteiger partial charge in [0.25, 0.3) is 0 Å². The van der Waals surface area contributed by atoms with Crippen molar-refractivity contribution >= 4 is 26.7 Å². The molecule has 0 radical (unpaired) electrons. The van der Waals surface area contributed by atoms with Crippen LogP contribution in [-0.2, 0) is 0 Å². The minimum atomic E-state index is 0.852. The van der Waals surface area contributed by atoms with Gasteiger partial charge in [-0.15, -0.1) is 0 Å². The average molecular weight is 151 g/mol.